The fraction of sp³-hybridized carbons (Fsp3) is 0.333. The first-order valence-corrected chi connectivity index (χ1v) is 3.87. The Morgan fingerprint density at radius 3 is 2.85 bits per heavy atom. The van der Waals surface area contributed by atoms with Crippen LogP contribution in [0, 0.1) is 0 Å². The highest BCUT2D eigenvalue weighted by atomic mass is 16.5. The van der Waals surface area contributed by atoms with Crippen molar-refractivity contribution in [2.24, 2.45) is 5.73 Å². The van der Waals surface area contributed by atoms with E-state index in [1.807, 2.05) is 0 Å². The molecular formula is C9H12N2O2. The maximum atomic E-state index is 11.3. The number of hydrogen-bond donors (Lipinski definition) is 1. The molecule has 1 rings (SSSR count). The Hall–Kier alpha value is -1.42. The Labute approximate surface area is 76.7 Å². The Morgan fingerprint density at radius 1 is 1.69 bits per heavy atom. The number of hydrogen-bond acceptors (Lipinski definition) is 4. The Bertz CT molecular complexity index is 296. The molecule has 1 atom stereocenters. The third-order valence-electron chi connectivity index (χ3n) is 1.87. The van der Waals surface area contributed by atoms with Gasteiger partial charge in [-0.1, -0.05) is 6.07 Å². The molecule has 2 N–H and O–H groups in total. The van der Waals surface area contributed by atoms with Gasteiger partial charge >= 0.3 is 5.97 Å². The maximum absolute atomic E-state index is 11.3. The third kappa shape index (κ3) is 1.84. The summed E-state index contributed by atoms with van der Waals surface area (Å²) in [6.07, 6.45) is 3.17. The smallest absolute Gasteiger partial charge is 0.330 e. The normalized spacial score (nSPS) is 14.7. The molecule has 0 aliphatic rings. The van der Waals surface area contributed by atoms with Crippen molar-refractivity contribution in [2.45, 2.75) is 12.5 Å². The van der Waals surface area contributed by atoms with Crippen molar-refractivity contribution >= 4 is 5.97 Å². The standard InChI is InChI=1S/C9H12N2O2/c1-9(10,8(12)13-2)7-4-3-5-11-6-7/h3-6H,10H2,1-2H3. The molecule has 0 bridgehead atoms. The van der Waals surface area contributed by atoms with E-state index >= 15 is 0 Å². The quantitative estimate of drug-likeness (QED) is 0.670. The lowest BCUT2D eigenvalue weighted by Crippen LogP contribution is -2.42. The summed E-state index contributed by atoms with van der Waals surface area (Å²) in [6, 6.07) is 3.47. The third-order valence-corrected chi connectivity index (χ3v) is 1.87. The van der Waals surface area contributed by atoms with Gasteiger partial charge in [0.25, 0.3) is 0 Å². The van der Waals surface area contributed by atoms with Gasteiger partial charge in [-0.3, -0.25) is 4.98 Å². The van der Waals surface area contributed by atoms with Gasteiger partial charge in [-0.15, -0.1) is 0 Å². The minimum Gasteiger partial charge on any atom is -0.467 e. The van der Waals surface area contributed by atoms with Crippen LogP contribution in [0.2, 0.25) is 0 Å². The van der Waals surface area contributed by atoms with Gasteiger partial charge in [0.05, 0.1) is 7.11 Å². The second kappa shape index (κ2) is 3.53. The Kier molecular flexibility index (Phi) is 2.63. The van der Waals surface area contributed by atoms with E-state index in [0.717, 1.165) is 0 Å². The Balaban J connectivity index is 3.00. The molecule has 70 valence electrons. The molecule has 13 heavy (non-hydrogen) atoms. The lowest BCUT2D eigenvalue weighted by atomic mass is 9.95. The number of nitrogens with zero attached hydrogens (tertiary/aromatic N) is 1. The molecule has 1 aromatic heterocycles. The summed E-state index contributed by atoms with van der Waals surface area (Å²) in [7, 11) is 1.31. The van der Waals surface area contributed by atoms with Crippen molar-refractivity contribution in [3.05, 3.63) is 30.1 Å². The van der Waals surface area contributed by atoms with Crippen molar-refractivity contribution < 1.29 is 9.53 Å². The van der Waals surface area contributed by atoms with Crippen molar-refractivity contribution in [1.29, 1.82) is 0 Å². The molecule has 0 amide bonds. The zero-order valence-electron chi connectivity index (χ0n) is 7.65. The van der Waals surface area contributed by atoms with E-state index in [2.05, 4.69) is 9.72 Å². The van der Waals surface area contributed by atoms with E-state index in [0.29, 0.717) is 5.56 Å². The first-order chi connectivity index (χ1) is 6.09. The number of carbonyl (C=O) groups excluding carboxylic acids is 1. The van der Waals surface area contributed by atoms with Gasteiger partial charge in [-0.05, 0) is 13.0 Å². The van der Waals surface area contributed by atoms with Crippen molar-refractivity contribution in [3.63, 3.8) is 0 Å². The van der Waals surface area contributed by atoms with E-state index in [1.165, 1.54) is 7.11 Å². The number of rotatable bonds is 2. The van der Waals surface area contributed by atoms with E-state index in [-0.39, 0.29) is 0 Å². The zero-order chi connectivity index (χ0) is 9.90. The minimum atomic E-state index is -1.12. The fourth-order valence-corrected chi connectivity index (χ4v) is 1.000. The summed E-state index contributed by atoms with van der Waals surface area (Å²) in [4.78, 5) is 15.1. The molecule has 0 aliphatic heterocycles. The molecule has 0 saturated heterocycles. The predicted octanol–water partition coefficient (Wildman–Crippen LogP) is 0.428. The number of esters is 1. The fourth-order valence-electron chi connectivity index (χ4n) is 1.000. The van der Waals surface area contributed by atoms with Crippen LogP contribution in [0.3, 0.4) is 0 Å². The largest absolute Gasteiger partial charge is 0.467 e. The monoisotopic (exact) mass is 180 g/mol. The molecule has 0 spiro atoms. The van der Waals surface area contributed by atoms with Crippen molar-refractivity contribution in [3.8, 4) is 0 Å². The number of carbonyl (C=O) groups is 1. The number of pyridine rings is 1. The molecule has 1 aromatic rings. The highest BCUT2D eigenvalue weighted by Crippen LogP contribution is 2.17. The maximum Gasteiger partial charge on any atom is 0.330 e. The van der Waals surface area contributed by atoms with Crippen LogP contribution >= 0.6 is 0 Å². The first kappa shape index (κ1) is 9.67. The molecule has 4 nitrogen and oxygen atoms in total. The van der Waals surface area contributed by atoms with Gasteiger partial charge in [0.2, 0.25) is 0 Å². The van der Waals surface area contributed by atoms with Gasteiger partial charge in [0, 0.05) is 18.0 Å². The van der Waals surface area contributed by atoms with Gasteiger partial charge in [-0.2, -0.15) is 0 Å². The van der Waals surface area contributed by atoms with E-state index in [4.69, 9.17) is 5.73 Å². The molecule has 0 aromatic carbocycles. The number of ether oxygens (including phenoxy) is 1. The topological polar surface area (TPSA) is 65.2 Å². The molecule has 1 heterocycles. The summed E-state index contributed by atoms with van der Waals surface area (Å²) in [5, 5.41) is 0. The van der Waals surface area contributed by atoms with Gasteiger partial charge in [-0.25, -0.2) is 4.79 Å². The van der Waals surface area contributed by atoms with Crippen LogP contribution in [-0.2, 0) is 15.1 Å². The summed E-state index contributed by atoms with van der Waals surface area (Å²) < 4.78 is 4.58. The van der Waals surface area contributed by atoms with Crippen LogP contribution in [0.25, 0.3) is 0 Å². The molecule has 1 unspecified atom stereocenters. The highest BCUT2D eigenvalue weighted by Gasteiger charge is 2.31. The summed E-state index contributed by atoms with van der Waals surface area (Å²) in [5.74, 6) is -0.472. The second-order valence-corrected chi connectivity index (χ2v) is 2.94. The average molecular weight is 180 g/mol. The number of aromatic nitrogens is 1. The van der Waals surface area contributed by atoms with Crippen LogP contribution in [0.15, 0.2) is 24.5 Å². The average Bonchev–Trinajstić information content (AvgIpc) is 2.18. The van der Waals surface area contributed by atoms with Gasteiger partial charge < -0.3 is 10.5 Å². The van der Waals surface area contributed by atoms with E-state index < -0.39 is 11.5 Å². The van der Waals surface area contributed by atoms with Gasteiger partial charge in [0.1, 0.15) is 5.54 Å². The lowest BCUT2D eigenvalue weighted by Gasteiger charge is -2.20. The highest BCUT2D eigenvalue weighted by molar-refractivity contribution is 5.81. The van der Waals surface area contributed by atoms with Crippen LogP contribution in [0.1, 0.15) is 12.5 Å². The summed E-state index contributed by atoms with van der Waals surface area (Å²) >= 11 is 0. The van der Waals surface area contributed by atoms with Gasteiger partial charge in [0.15, 0.2) is 0 Å². The van der Waals surface area contributed by atoms with Crippen LogP contribution in [0.5, 0.6) is 0 Å². The second-order valence-electron chi connectivity index (χ2n) is 2.94. The Morgan fingerprint density at radius 2 is 2.38 bits per heavy atom. The molecule has 0 aliphatic carbocycles. The van der Waals surface area contributed by atoms with Crippen LogP contribution < -0.4 is 5.73 Å². The molecular weight excluding hydrogens is 168 g/mol. The SMILES string of the molecule is COC(=O)C(C)(N)c1cccnc1. The molecule has 4 heteroatoms. The number of nitrogens with two attached hydrogens (primary N) is 1. The van der Waals surface area contributed by atoms with Crippen LogP contribution in [-0.4, -0.2) is 18.1 Å². The predicted molar refractivity (Wildman–Crippen MR) is 47.8 cm³/mol. The lowest BCUT2D eigenvalue weighted by molar-refractivity contribution is -0.146. The summed E-state index contributed by atoms with van der Waals surface area (Å²) in [6.45, 7) is 1.59. The van der Waals surface area contributed by atoms with Crippen molar-refractivity contribution in [2.75, 3.05) is 7.11 Å². The van der Waals surface area contributed by atoms with E-state index in [9.17, 15) is 4.79 Å². The van der Waals surface area contributed by atoms with E-state index in [1.54, 1.807) is 31.5 Å². The van der Waals surface area contributed by atoms with Crippen molar-refractivity contribution in [1.82, 2.24) is 4.98 Å². The minimum absolute atomic E-state index is 0.472. The first-order valence-electron chi connectivity index (χ1n) is 3.87. The zero-order valence-corrected chi connectivity index (χ0v) is 7.65. The molecule has 0 saturated carbocycles. The number of methoxy groups -OCH3 is 1. The molecule has 0 fully saturated rings. The molecule has 0 radical (unpaired) electrons. The summed E-state index contributed by atoms with van der Waals surface area (Å²) in [5.41, 5.74) is 5.30. The van der Waals surface area contributed by atoms with Crippen LogP contribution in [0.4, 0.5) is 0 Å².